The van der Waals surface area contributed by atoms with Gasteiger partial charge >= 0.3 is 5.95 Å². The van der Waals surface area contributed by atoms with Gasteiger partial charge in [0.15, 0.2) is 5.02 Å². The van der Waals surface area contributed by atoms with Gasteiger partial charge in [-0.15, -0.1) is 0 Å². The van der Waals surface area contributed by atoms with Gasteiger partial charge in [-0.3, -0.25) is 4.79 Å². The van der Waals surface area contributed by atoms with E-state index >= 15 is 0 Å². The monoisotopic (exact) mass is 378 g/mol. The topological polar surface area (TPSA) is 70.8 Å². The van der Waals surface area contributed by atoms with Crippen molar-refractivity contribution >= 4 is 35.2 Å². The Labute approximate surface area is 161 Å². The van der Waals surface area contributed by atoms with Crippen molar-refractivity contribution in [3.63, 3.8) is 0 Å². The summed E-state index contributed by atoms with van der Waals surface area (Å²) in [5.74, 6) is 1.37. The second kappa shape index (κ2) is 9.26. The summed E-state index contributed by atoms with van der Waals surface area (Å²) in [6, 6.07) is 15.3. The van der Waals surface area contributed by atoms with E-state index in [4.69, 9.17) is 11.6 Å². The molecule has 0 radical (unpaired) electrons. The molecule has 0 fully saturated rings. The van der Waals surface area contributed by atoms with Crippen molar-refractivity contribution < 1.29 is 9.36 Å². The maximum absolute atomic E-state index is 10.3. The van der Waals surface area contributed by atoms with Crippen LogP contribution in [0.25, 0.3) is 5.95 Å². The first-order valence-corrected chi connectivity index (χ1v) is 8.55. The van der Waals surface area contributed by atoms with E-state index < -0.39 is 0 Å². The molecule has 0 aliphatic rings. The molecule has 0 saturated heterocycles. The SMILES string of the molecule is O=CC=CC=CNc1nc(-[n+]2ccccc2)nc(Nc2ccccc2)c1Cl. The van der Waals surface area contributed by atoms with E-state index in [-0.39, 0.29) is 0 Å². The van der Waals surface area contributed by atoms with Gasteiger partial charge in [-0.25, -0.2) is 4.57 Å². The first kappa shape index (κ1) is 18.3. The van der Waals surface area contributed by atoms with Crippen LogP contribution in [0.5, 0.6) is 0 Å². The van der Waals surface area contributed by atoms with Crippen molar-refractivity contribution in [1.82, 2.24) is 9.97 Å². The largest absolute Gasteiger partial charge is 0.441 e. The zero-order chi connectivity index (χ0) is 18.9. The van der Waals surface area contributed by atoms with Crippen LogP contribution in [0.15, 0.2) is 85.4 Å². The minimum Gasteiger partial charge on any atom is -0.331 e. The summed E-state index contributed by atoms with van der Waals surface area (Å²) < 4.78 is 1.79. The molecular formula is C20H17ClN5O+. The Kier molecular flexibility index (Phi) is 6.27. The molecule has 6 nitrogen and oxygen atoms in total. The number of anilines is 3. The van der Waals surface area contributed by atoms with E-state index in [0.717, 1.165) is 5.69 Å². The van der Waals surface area contributed by atoms with Crippen LogP contribution in [0.2, 0.25) is 5.02 Å². The maximum atomic E-state index is 10.3. The second-order valence-electron chi connectivity index (χ2n) is 5.33. The van der Waals surface area contributed by atoms with Crippen LogP contribution >= 0.6 is 11.6 Å². The van der Waals surface area contributed by atoms with Crippen LogP contribution in [0, 0.1) is 0 Å². The summed E-state index contributed by atoms with van der Waals surface area (Å²) in [4.78, 5) is 19.3. The fraction of sp³-hybridized carbons (Fsp3) is 0. The van der Waals surface area contributed by atoms with Crippen molar-refractivity contribution in [3.05, 3.63) is 90.4 Å². The van der Waals surface area contributed by atoms with Gasteiger partial charge < -0.3 is 10.6 Å². The third kappa shape index (κ3) is 4.99. The number of halogens is 1. The highest BCUT2D eigenvalue weighted by molar-refractivity contribution is 6.35. The predicted octanol–water partition coefficient (Wildman–Crippen LogP) is 3.83. The zero-order valence-corrected chi connectivity index (χ0v) is 15.0. The number of aromatic nitrogens is 3. The molecule has 0 bridgehead atoms. The van der Waals surface area contributed by atoms with Crippen molar-refractivity contribution in [1.29, 1.82) is 0 Å². The van der Waals surface area contributed by atoms with Crippen LogP contribution in [0.3, 0.4) is 0 Å². The molecule has 0 spiro atoms. The first-order chi connectivity index (χ1) is 13.3. The lowest BCUT2D eigenvalue weighted by atomic mass is 10.3. The van der Waals surface area contributed by atoms with Gasteiger partial charge in [0.1, 0.15) is 6.29 Å². The maximum Gasteiger partial charge on any atom is 0.441 e. The second-order valence-corrected chi connectivity index (χ2v) is 5.71. The number of carbonyl (C=O) groups is 1. The number of pyridine rings is 1. The number of hydrogen-bond acceptors (Lipinski definition) is 5. The van der Waals surface area contributed by atoms with Crippen LogP contribution in [0.4, 0.5) is 17.3 Å². The normalized spacial score (nSPS) is 11.0. The number of para-hydroxylation sites is 1. The lowest BCUT2D eigenvalue weighted by Gasteiger charge is -2.07. The number of allylic oxidation sites excluding steroid dienone is 3. The summed E-state index contributed by atoms with van der Waals surface area (Å²) in [6.45, 7) is 0. The standard InChI is InChI=1S/C20H16ClN5O/c21-17-18(22-12-6-2-9-15-27)24-20(26-13-7-3-8-14-26)25-19(17)23-16-10-4-1-5-11-16/h1-15H,(H-,22,23,24,25,27)/p+1. The molecule has 0 aliphatic carbocycles. The van der Waals surface area contributed by atoms with Crippen molar-refractivity contribution in [2.24, 2.45) is 0 Å². The van der Waals surface area contributed by atoms with Gasteiger partial charge in [0.05, 0.1) is 12.4 Å². The average Bonchev–Trinajstić information content (AvgIpc) is 2.72. The molecular weight excluding hydrogens is 362 g/mol. The number of nitrogens with zero attached hydrogens (tertiary/aromatic N) is 3. The highest BCUT2D eigenvalue weighted by Crippen LogP contribution is 2.29. The third-order valence-corrected chi connectivity index (χ3v) is 3.80. The molecule has 2 heterocycles. The Morgan fingerprint density at radius 2 is 1.59 bits per heavy atom. The highest BCUT2D eigenvalue weighted by atomic mass is 35.5. The Bertz CT molecular complexity index is 959. The molecule has 1 aromatic carbocycles. The Morgan fingerprint density at radius 1 is 0.889 bits per heavy atom. The van der Waals surface area contributed by atoms with Gasteiger partial charge in [-0.1, -0.05) is 41.9 Å². The van der Waals surface area contributed by atoms with Gasteiger partial charge in [0.25, 0.3) is 0 Å². The number of benzene rings is 1. The van der Waals surface area contributed by atoms with E-state index in [9.17, 15) is 4.79 Å². The number of nitrogens with one attached hydrogen (secondary N) is 2. The summed E-state index contributed by atoms with van der Waals surface area (Å²) in [5.41, 5.74) is 0.859. The fourth-order valence-corrected chi connectivity index (χ4v) is 2.40. The van der Waals surface area contributed by atoms with Crippen LogP contribution in [-0.2, 0) is 4.79 Å². The summed E-state index contributed by atoms with van der Waals surface area (Å²) in [6.07, 6.45) is 10.7. The summed E-state index contributed by atoms with van der Waals surface area (Å²) >= 11 is 6.49. The molecule has 0 amide bonds. The quantitative estimate of drug-likeness (QED) is 0.283. The number of aldehydes is 1. The molecule has 3 aromatic rings. The summed E-state index contributed by atoms with van der Waals surface area (Å²) in [5, 5.41) is 6.59. The lowest BCUT2D eigenvalue weighted by Crippen LogP contribution is -2.32. The zero-order valence-electron chi connectivity index (χ0n) is 14.3. The van der Waals surface area contributed by atoms with Crippen LogP contribution in [-0.4, -0.2) is 16.3 Å². The van der Waals surface area contributed by atoms with Crippen molar-refractivity contribution in [2.75, 3.05) is 10.6 Å². The predicted molar refractivity (Wildman–Crippen MR) is 106 cm³/mol. The van der Waals surface area contributed by atoms with Gasteiger partial charge in [0.2, 0.25) is 11.6 Å². The molecule has 3 rings (SSSR count). The minimum absolute atomic E-state index is 0.350. The highest BCUT2D eigenvalue weighted by Gasteiger charge is 2.21. The molecule has 7 heteroatoms. The Balaban J connectivity index is 1.98. The molecule has 0 atom stereocenters. The smallest absolute Gasteiger partial charge is 0.331 e. The van der Waals surface area contributed by atoms with Crippen LogP contribution < -0.4 is 15.2 Å². The number of hydrogen-bond donors (Lipinski definition) is 2. The van der Waals surface area contributed by atoms with E-state index in [1.807, 2.05) is 60.9 Å². The first-order valence-electron chi connectivity index (χ1n) is 8.18. The minimum atomic E-state index is 0.350. The third-order valence-electron chi connectivity index (χ3n) is 3.44. The Morgan fingerprint density at radius 3 is 2.33 bits per heavy atom. The van der Waals surface area contributed by atoms with Gasteiger partial charge in [-0.05, 0) is 46.4 Å². The number of carbonyl (C=O) groups excluding carboxylic acids is 1. The molecule has 0 saturated carbocycles. The molecule has 0 unspecified atom stereocenters. The molecule has 2 aromatic heterocycles. The van der Waals surface area contributed by atoms with Gasteiger partial charge in [-0.2, -0.15) is 0 Å². The summed E-state index contributed by atoms with van der Waals surface area (Å²) in [7, 11) is 0. The number of rotatable bonds is 7. The molecule has 134 valence electrons. The van der Waals surface area contributed by atoms with Crippen molar-refractivity contribution in [3.8, 4) is 5.95 Å². The van der Waals surface area contributed by atoms with Gasteiger partial charge in [0, 0.05) is 11.9 Å². The average molecular weight is 379 g/mol. The Hall–Kier alpha value is -3.51. The fourth-order valence-electron chi connectivity index (χ4n) is 2.21. The van der Waals surface area contributed by atoms with E-state index in [2.05, 4.69) is 20.6 Å². The lowest BCUT2D eigenvalue weighted by molar-refractivity contribution is -0.603. The van der Waals surface area contributed by atoms with E-state index in [0.29, 0.717) is 28.9 Å². The molecule has 2 N–H and O–H groups in total. The van der Waals surface area contributed by atoms with Crippen LogP contribution in [0.1, 0.15) is 0 Å². The molecule has 27 heavy (non-hydrogen) atoms. The van der Waals surface area contributed by atoms with E-state index in [1.165, 1.54) is 6.08 Å². The van der Waals surface area contributed by atoms with E-state index in [1.54, 1.807) is 22.9 Å². The molecule has 0 aliphatic heterocycles. The van der Waals surface area contributed by atoms with Crippen molar-refractivity contribution in [2.45, 2.75) is 0 Å².